The Bertz CT molecular complexity index is 625. The summed E-state index contributed by atoms with van der Waals surface area (Å²) in [6.07, 6.45) is -20.0. The summed E-state index contributed by atoms with van der Waals surface area (Å²) in [7, 11) is 1.22. The van der Waals surface area contributed by atoms with Gasteiger partial charge in [0.1, 0.15) is 61.0 Å². The average molecular weight is 502 g/mol. The van der Waals surface area contributed by atoms with Crippen LogP contribution in [-0.4, -0.2) is 159 Å². The van der Waals surface area contributed by atoms with Crippen LogP contribution < -0.4 is 0 Å². The van der Waals surface area contributed by atoms with Gasteiger partial charge in [0.15, 0.2) is 18.9 Å². The molecule has 200 valence electrons. The maximum atomic E-state index is 10.8. The van der Waals surface area contributed by atoms with E-state index < -0.39 is 106 Å². The lowest BCUT2D eigenvalue weighted by atomic mass is 9.97. The Hall–Kier alpha value is -0.600. The Labute approximate surface area is 194 Å². The van der Waals surface area contributed by atoms with Crippen LogP contribution in [0.15, 0.2) is 0 Å². The lowest BCUT2D eigenvalue weighted by molar-refractivity contribution is -0.362. The second kappa shape index (κ2) is 12.1. The van der Waals surface area contributed by atoms with E-state index in [1.54, 1.807) is 0 Å². The molecule has 3 aliphatic heterocycles. The normalized spacial score (nSPS) is 50.3. The van der Waals surface area contributed by atoms with Gasteiger partial charge < -0.3 is 74.4 Å². The zero-order chi connectivity index (χ0) is 25.2. The fourth-order valence-electron chi connectivity index (χ4n) is 4.10. The molecule has 0 aromatic rings. The lowest BCUT2D eigenvalue weighted by Crippen LogP contribution is -2.65. The summed E-state index contributed by atoms with van der Waals surface area (Å²) in [5.74, 6) is 0. The van der Waals surface area contributed by atoms with Gasteiger partial charge in [-0.15, -0.1) is 0 Å². The van der Waals surface area contributed by atoms with Crippen LogP contribution >= 0.6 is 0 Å². The van der Waals surface area contributed by atoms with Gasteiger partial charge in [-0.25, -0.2) is 0 Å². The maximum absolute atomic E-state index is 10.8. The predicted octanol–water partition coefficient (Wildman–Crippen LogP) is -5.89. The van der Waals surface area contributed by atoms with E-state index in [1.807, 2.05) is 0 Å². The number of aliphatic hydroxyl groups is 9. The number of hydrogen-bond acceptors (Lipinski definition) is 15. The van der Waals surface area contributed by atoms with Crippen LogP contribution in [0.1, 0.15) is 6.42 Å². The summed E-state index contributed by atoms with van der Waals surface area (Å²) >= 11 is 0. The van der Waals surface area contributed by atoms with Gasteiger partial charge in [-0.05, 0) is 0 Å². The largest absolute Gasteiger partial charge is 0.394 e. The first-order valence-electron chi connectivity index (χ1n) is 10.9. The van der Waals surface area contributed by atoms with E-state index in [4.69, 9.17) is 28.4 Å². The van der Waals surface area contributed by atoms with Crippen molar-refractivity contribution in [3.05, 3.63) is 0 Å². The highest BCUT2D eigenvalue weighted by Crippen LogP contribution is 2.30. The van der Waals surface area contributed by atoms with Crippen LogP contribution in [0.4, 0.5) is 0 Å². The molecule has 0 aromatic carbocycles. The molecule has 0 bridgehead atoms. The zero-order valence-corrected chi connectivity index (χ0v) is 18.4. The molecule has 0 aliphatic carbocycles. The number of rotatable bonds is 8. The molecule has 3 heterocycles. The summed E-state index contributed by atoms with van der Waals surface area (Å²) in [6, 6.07) is 0. The summed E-state index contributed by atoms with van der Waals surface area (Å²) in [5.41, 5.74) is 0. The minimum atomic E-state index is -1.77. The van der Waals surface area contributed by atoms with E-state index in [1.165, 1.54) is 7.11 Å². The Morgan fingerprint density at radius 2 is 1.26 bits per heavy atom. The van der Waals surface area contributed by atoms with Gasteiger partial charge in [-0.2, -0.15) is 0 Å². The molecule has 0 spiro atoms. The standard InChI is InChI=1S/C19H34O15/c1-29-18-15(28)16(34-19-14(27)13(26)11(24)9(4-21)32-19)12(25)10(33-18)5-30-17-7(23)2-6(22)8(3-20)31-17/h6-28H,2-5H2,1H3/t6-,7-,8+,9+,10+,11+,12+,13-,14-,15-,16-,17-,18-,19+/m0/s1. The number of hydrogen-bond donors (Lipinski definition) is 9. The fraction of sp³-hybridized carbons (Fsp3) is 1.00. The molecule has 0 saturated carbocycles. The molecule has 15 heteroatoms. The monoisotopic (exact) mass is 502 g/mol. The third kappa shape index (κ3) is 5.86. The topological polar surface area (TPSA) is 237 Å². The number of aliphatic hydroxyl groups excluding tert-OH is 9. The van der Waals surface area contributed by atoms with Crippen molar-refractivity contribution in [2.45, 2.75) is 92.4 Å². The highest BCUT2D eigenvalue weighted by Gasteiger charge is 2.51. The van der Waals surface area contributed by atoms with Crippen molar-refractivity contribution in [3.8, 4) is 0 Å². The van der Waals surface area contributed by atoms with Gasteiger partial charge in [0.2, 0.25) is 0 Å². The van der Waals surface area contributed by atoms with Gasteiger partial charge in [0.05, 0.1) is 25.9 Å². The van der Waals surface area contributed by atoms with E-state index in [0.717, 1.165) is 0 Å². The van der Waals surface area contributed by atoms with E-state index in [0.29, 0.717) is 0 Å². The molecular formula is C19H34O15. The smallest absolute Gasteiger partial charge is 0.187 e. The summed E-state index contributed by atoms with van der Waals surface area (Å²) < 4.78 is 32.2. The lowest BCUT2D eigenvalue weighted by Gasteiger charge is -2.46. The van der Waals surface area contributed by atoms with Gasteiger partial charge >= 0.3 is 0 Å². The number of ether oxygens (including phenoxy) is 6. The van der Waals surface area contributed by atoms with Crippen LogP contribution in [-0.2, 0) is 28.4 Å². The SMILES string of the molecule is CO[C@H]1O[C@H](CO[C@H]2O[C@H](CO)[C@@H](O)C[C@@H]2O)[C@@H](O)[C@H](O[C@H]2O[C@H](CO)[C@@H](O)[C@H](O)[C@@H]2O)[C@@H]1O. The van der Waals surface area contributed by atoms with Crippen molar-refractivity contribution in [1.29, 1.82) is 0 Å². The third-order valence-corrected chi connectivity index (χ3v) is 6.15. The van der Waals surface area contributed by atoms with Crippen LogP contribution in [0.2, 0.25) is 0 Å². The van der Waals surface area contributed by atoms with Crippen molar-refractivity contribution in [2.75, 3.05) is 26.9 Å². The predicted molar refractivity (Wildman–Crippen MR) is 105 cm³/mol. The van der Waals surface area contributed by atoms with Gasteiger partial charge in [0, 0.05) is 13.5 Å². The Morgan fingerprint density at radius 3 is 1.88 bits per heavy atom. The molecule has 0 radical (unpaired) electrons. The summed E-state index contributed by atoms with van der Waals surface area (Å²) in [4.78, 5) is 0. The minimum Gasteiger partial charge on any atom is -0.394 e. The maximum Gasteiger partial charge on any atom is 0.187 e. The molecular weight excluding hydrogens is 468 g/mol. The molecule has 3 aliphatic rings. The molecule has 3 rings (SSSR count). The van der Waals surface area contributed by atoms with E-state index in [2.05, 4.69) is 0 Å². The van der Waals surface area contributed by atoms with E-state index >= 15 is 0 Å². The van der Waals surface area contributed by atoms with Gasteiger partial charge in [-0.3, -0.25) is 0 Å². The summed E-state index contributed by atoms with van der Waals surface area (Å²) in [6.45, 7) is -1.62. The molecule has 3 saturated heterocycles. The summed E-state index contributed by atoms with van der Waals surface area (Å²) in [5, 5.41) is 89.9. The Morgan fingerprint density at radius 1 is 0.647 bits per heavy atom. The second-order valence-corrected chi connectivity index (χ2v) is 8.49. The average Bonchev–Trinajstić information content (AvgIpc) is 2.82. The molecule has 0 amide bonds. The van der Waals surface area contributed by atoms with Crippen LogP contribution in [0.3, 0.4) is 0 Å². The van der Waals surface area contributed by atoms with E-state index in [9.17, 15) is 46.0 Å². The molecule has 9 N–H and O–H groups in total. The highest BCUT2D eigenvalue weighted by atomic mass is 16.7. The van der Waals surface area contributed by atoms with Crippen molar-refractivity contribution in [1.82, 2.24) is 0 Å². The first-order chi connectivity index (χ1) is 16.1. The van der Waals surface area contributed by atoms with Crippen molar-refractivity contribution in [2.24, 2.45) is 0 Å². The van der Waals surface area contributed by atoms with E-state index in [-0.39, 0.29) is 6.42 Å². The second-order valence-electron chi connectivity index (χ2n) is 8.49. The Balaban J connectivity index is 1.67. The molecule has 0 aromatic heterocycles. The fourth-order valence-corrected chi connectivity index (χ4v) is 4.10. The zero-order valence-electron chi connectivity index (χ0n) is 18.4. The van der Waals surface area contributed by atoms with Gasteiger partial charge in [0.25, 0.3) is 0 Å². The molecule has 34 heavy (non-hydrogen) atoms. The molecule has 15 nitrogen and oxygen atoms in total. The minimum absolute atomic E-state index is 0.119. The first kappa shape index (κ1) is 28.0. The molecule has 0 unspecified atom stereocenters. The van der Waals surface area contributed by atoms with Crippen molar-refractivity contribution < 1.29 is 74.4 Å². The quantitative estimate of drug-likeness (QED) is 0.150. The first-order valence-corrected chi connectivity index (χ1v) is 10.9. The van der Waals surface area contributed by atoms with Crippen LogP contribution in [0, 0.1) is 0 Å². The molecule has 3 fully saturated rings. The third-order valence-electron chi connectivity index (χ3n) is 6.15. The Kier molecular flexibility index (Phi) is 9.95. The van der Waals surface area contributed by atoms with Crippen molar-refractivity contribution in [3.63, 3.8) is 0 Å². The number of methoxy groups -OCH3 is 1. The van der Waals surface area contributed by atoms with Crippen LogP contribution in [0.25, 0.3) is 0 Å². The van der Waals surface area contributed by atoms with Gasteiger partial charge in [-0.1, -0.05) is 0 Å². The molecule has 14 atom stereocenters. The van der Waals surface area contributed by atoms with Crippen LogP contribution in [0.5, 0.6) is 0 Å². The van der Waals surface area contributed by atoms with Crippen molar-refractivity contribution >= 4 is 0 Å². The highest BCUT2D eigenvalue weighted by molar-refractivity contribution is 4.94.